The standard InChI is InChI=1S/C25H24N6O3S/c1-35(33,34)16-17-5-7-21(8-6-17)29-23-14-22(24(25(26)32)31-30-23)28-15-18-3-2-4-20(13-18)19-9-11-27-12-10-19/h2-14H,15-16H2,1H3,(H2,26,32)(H2,28,29,30). The molecule has 0 saturated heterocycles. The third-order valence-corrected chi connectivity index (χ3v) is 5.96. The van der Waals surface area contributed by atoms with Crippen LogP contribution in [-0.2, 0) is 22.1 Å². The number of carbonyl (C=O) groups is 1. The molecule has 0 spiro atoms. The third kappa shape index (κ3) is 6.61. The monoisotopic (exact) mass is 488 g/mol. The van der Waals surface area contributed by atoms with Gasteiger partial charge in [-0.25, -0.2) is 8.42 Å². The topological polar surface area (TPSA) is 140 Å². The van der Waals surface area contributed by atoms with Gasteiger partial charge in [0, 0.05) is 36.9 Å². The molecular formula is C25H24N6O3S. The molecule has 0 radical (unpaired) electrons. The maximum Gasteiger partial charge on any atom is 0.271 e. The highest BCUT2D eigenvalue weighted by Gasteiger charge is 2.13. The van der Waals surface area contributed by atoms with Crippen molar-refractivity contribution < 1.29 is 13.2 Å². The highest BCUT2D eigenvalue weighted by atomic mass is 32.2. The highest BCUT2D eigenvalue weighted by molar-refractivity contribution is 7.89. The summed E-state index contributed by atoms with van der Waals surface area (Å²) in [6, 6.07) is 20.5. The van der Waals surface area contributed by atoms with Gasteiger partial charge in [-0.05, 0) is 52.6 Å². The van der Waals surface area contributed by atoms with Gasteiger partial charge in [0.25, 0.3) is 5.91 Å². The van der Waals surface area contributed by atoms with Crippen LogP contribution in [0.1, 0.15) is 21.6 Å². The minimum Gasteiger partial charge on any atom is -0.379 e. The molecule has 4 aromatic rings. The molecule has 35 heavy (non-hydrogen) atoms. The van der Waals surface area contributed by atoms with Gasteiger partial charge in [0.15, 0.2) is 21.3 Å². The van der Waals surface area contributed by atoms with E-state index in [2.05, 4.69) is 31.9 Å². The number of benzene rings is 2. The van der Waals surface area contributed by atoms with Gasteiger partial charge in [0.1, 0.15) is 0 Å². The van der Waals surface area contributed by atoms with Gasteiger partial charge in [-0.1, -0.05) is 30.3 Å². The zero-order chi connectivity index (χ0) is 24.8. The minimum absolute atomic E-state index is 0.0309. The van der Waals surface area contributed by atoms with Crippen LogP contribution in [0.25, 0.3) is 11.1 Å². The largest absolute Gasteiger partial charge is 0.379 e. The second kappa shape index (κ2) is 10.3. The predicted octanol–water partition coefficient (Wildman–Crippen LogP) is 3.54. The number of aromatic nitrogens is 3. The quantitative estimate of drug-likeness (QED) is 0.325. The number of nitrogens with zero attached hydrogens (tertiary/aromatic N) is 3. The van der Waals surface area contributed by atoms with Gasteiger partial charge in [-0.15, -0.1) is 10.2 Å². The van der Waals surface area contributed by atoms with E-state index >= 15 is 0 Å². The van der Waals surface area contributed by atoms with Crippen LogP contribution in [0.4, 0.5) is 17.2 Å². The van der Waals surface area contributed by atoms with Crippen molar-refractivity contribution in [2.24, 2.45) is 5.73 Å². The number of nitrogens with two attached hydrogens (primary N) is 1. The van der Waals surface area contributed by atoms with Crippen molar-refractivity contribution in [2.75, 3.05) is 16.9 Å². The average Bonchev–Trinajstić information content (AvgIpc) is 2.84. The summed E-state index contributed by atoms with van der Waals surface area (Å²) < 4.78 is 22.9. The van der Waals surface area contributed by atoms with Crippen LogP contribution in [0.2, 0.25) is 0 Å². The summed E-state index contributed by atoms with van der Waals surface area (Å²) in [7, 11) is -3.11. The number of carbonyl (C=O) groups excluding carboxylic acids is 1. The number of hydrogen-bond donors (Lipinski definition) is 3. The molecule has 2 aromatic heterocycles. The van der Waals surface area contributed by atoms with E-state index in [1.54, 1.807) is 42.7 Å². The Balaban J connectivity index is 1.50. The molecule has 1 amide bonds. The Morgan fingerprint density at radius 3 is 2.34 bits per heavy atom. The highest BCUT2D eigenvalue weighted by Crippen LogP contribution is 2.23. The van der Waals surface area contributed by atoms with E-state index in [-0.39, 0.29) is 11.4 Å². The molecule has 10 heteroatoms. The van der Waals surface area contributed by atoms with Gasteiger partial charge >= 0.3 is 0 Å². The first-order valence-corrected chi connectivity index (χ1v) is 12.8. The molecule has 0 unspecified atom stereocenters. The summed E-state index contributed by atoms with van der Waals surface area (Å²) in [4.78, 5) is 16.0. The van der Waals surface area contributed by atoms with Gasteiger partial charge in [0.05, 0.1) is 11.4 Å². The Morgan fingerprint density at radius 2 is 1.66 bits per heavy atom. The van der Waals surface area contributed by atoms with Crippen LogP contribution < -0.4 is 16.4 Å². The Labute approximate surface area is 203 Å². The summed E-state index contributed by atoms with van der Waals surface area (Å²) >= 11 is 0. The smallest absolute Gasteiger partial charge is 0.271 e. The Bertz CT molecular complexity index is 1440. The fourth-order valence-electron chi connectivity index (χ4n) is 3.51. The van der Waals surface area contributed by atoms with Gasteiger partial charge < -0.3 is 16.4 Å². The number of amides is 1. The number of primary amides is 1. The fraction of sp³-hybridized carbons (Fsp3) is 0.120. The molecule has 0 saturated carbocycles. The number of nitrogens with one attached hydrogen (secondary N) is 2. The number of pyridine rings is 1. The molecule has 4 rings (SSSR count). The summed E-state index contributed by atoms with van der Waals surface area (Å²) in [6.07, 6.45) is 4.69. The van der Waals surface area contributed by atoms with E-state index in [1.165, 1.54) is 6.26 Å². The lowest BCUT2D eigenvalue weighted by molar-refractivity contribution is 0.0995. The molecule has 0 bridgehead atoms. The van der Waals surface area contributed by atoms with Crippen molar-refractivity contribution in [2.45, 2.75) is 12.3 Å². The first kappa shape index (κ1) is 23.8. The summed E-state index contributed by atoms with van der Waals surface area (Å²) in [6.45, 7) is 0.435. The van der Waals surface area contributed by atoms with Crippen LogP contribution in [0.5, 0.6) is 0 Å². The average molecular weight is 489 g/mol. The number of anilines is 3. The van der Waals surface area contributed by atoms with Crippen molar-refractivity contribution in [1.29, 1.82) is 0 Å². The van der Waals surface area contributed by atoms with E-state index in [9.17, 15) is 13.2 Å². The van der Waals surface area contributed by atoms with Crippen molar-refractivity contribution in [1.82, 2.24) is 15.2 Å². The van der Waals surface area contributed by atoms with Gasteiger partial charge in [-0.2, -0.15) is 0 Å². The maximum atomic E-state index is 11.9. The molecule has 9 nitrogen and oxygen atoms in total. The van der Waals surface area contributed by atoms with Crippen LogP contribution >= 0.6 is 0 Å². The molecule has 0 aliphatic heterocycles. The fourth-order valence-corrected chi connectivity index (χ4v) is 4.30. The second-order valence-corrected chi connectivity index (χ2v) is 10.2. The number of hydrogen-bond acceptors (Lipinski definition) is 8. The van der Waals surface area contributed by atoms with Crippen molar-refractivity contribution >= 4 is 32.9 Å². The number of rotatable bonds is 9. The van der Waals surface area contributed by atoms with E-state index in [1.807, 2.05) is 30.3 Å². The van der Waals surface area contributed by atoms with Crippen LogP contribution in [-0.4, -0.2) is 35.8 Å². The van der Waals surface area contributed by atoms with E-state index in [4.69, 9.17) is 5.73 Å². The molecule has 0 fully saturated rings. The lowest BCUT2D eigenvalue weighted by Crippen LogP contribution is -2.17. The summed E-state index contributed by atoms with van der Waals surface area (Å²) in [5.74, 6) is -0.322. The van der Waals surface area contributed by atoms with Crippen molar-refractivity contribution in [3.05, 3.63) is 95.9 Å². The SMILES string of the molecule is CS(=O)(=O)Cc1ccc(Nc2cc(NCc3cccc(-c4ccncc4)c3)c(C(N)=O)nn2)cc1. The Hall–Kier alpha value is -4.31. The summed E-state index contributed by atoms with van der Waals surface area (Å²) in [5, 5.41) is 14.4. The van der Waals surface area contributed by atoms with Gasteiger partial charge in [0.2, 0.25) is 0 Å². The number of sulfone groups is 1. The molecule has 0 aliphatic rings. The first-order chi connectivity index (χ1) is 16.8. The normalized spacial score (nSPS) is 11.1. The van der Waals surface area contributed by atoms with E-state index < -0.39 is 15.7 Å². The lowest BCUT2D eigenvalue weighted by atomic mass is 10.0. The van der Waals surface area contributed by atoms with Crippen LogP contribution in [0, 0.1) is 0 Å². The minimum atomic E-state index is -3.11. The van der Waals surface area contributed by atoms with E-state index in [0.717, 1.165) is 16.7 Å². The first-order valence-electron chi connectivity index (χ1n) is 10.7. The maximum absolute atomic E-state index is 11.9. The van der Waals surface area contributed by atoms with E-state index in [0.29, 0.717) is 29.3 Å². The summed E-state index contributed by atoms with van der Waals surface area (Å²) in [5.41, 5.74) is 10.5. The molecule has 2 aromatic carbocycles. The van der Waals surface area contributed by atoms with Crippen LogP contribution in [0.3, 0.4) is 0 Å². The zero-order valence-corrected chi connectivity index (χ0v) is 19.8. The Morgan fingerprint density at radius 1 is 0.914 bits per heavy atom. The molecule has 178 valence electrons. The van der Waals surface area contributed by atoms with Crippen LogP contribution in [0.15, 0.2) is 79.1 Å². The predicted molar refractivity (Wildman–Crippen MR) is 136 cm³/mol. The third-order valence-electron chi connectivity index (χ3n) is 5.11. The molecule has 0 aliphatic carbocycles. The molecule has 4 N–H and O–H groups in total. The zero-order valence-electron chi connectivity index (χ0n) is 19.0. The van der Waals surface area contributed by atoms with Crippen molar-refractivity contribution in [3.63, 3.8) is 0 Å². The molecular weight excluding hydrogens is 464 g/mol. The Kier molecular flexibility index (Phi) is 7.02. The molecule has 2 heterocycles. The lowest BCUT2D eigenvalue weighted by Gasteiger charge is -2.13. The van der Waals surface area contributed by atoms with Gasteiger partial charge in [-0.3, -0.25) is 9.78 Å². The second-order valence-electron chi connectivity index (χ2n) is 8.04. The molecule has 0 atom stereocenters. The van der Waals surface area contributed by atoms with Crippen molar-refractivity contribution in [3.8, 4) is 11.1 Å².